The Balaban J connectivity index is 1.90. The summed E-state index contributed by atoms with van der Waals surface area (Å²) in [6.07, 6.45) is 6.34. The van der Waals surface area contributed by atoms with Gasteiger partial charge in [-0.3, -0.25) is 9.78 Å². The first-order valence-corrected chi connectivity index (χ1v) is 6.14. The molecule has 0 bridgehead atoms. The molecule has 2 heterocycles. The number of pyridine rings is 1. The average molecular weight is 269 g/mol. The molecule has 0 aliphatic carbocycles. The molecule has 0 radical (unpaired) electrons. The van der Waals surface area contributed by atoms with E-state index in [2.05, 4.69) is 32.2 Å². The number of carbonyl (C=O) groups excluding carboxylic acids is 1. The van der Waals surface area contributed by atoms with Crippen LogP contribution in [-0.4, -0.2) is 27.4 Å². The van der Waals surface area contributed by atoms with Crippen LogP contribution >= 0.6 is 0 Å². The molecule has 2 aromatic rings. The molecular weight excluding hydrogens is 254 g/mol. The van der Waals surface area contributed by atoms with Crippen LogP contribution in [0, 0.1) is 0 Å². The number of nitrogens with zero attached hydrogens (tertiary/aromatic N) is 3. The van der Waals surface area contributed by atoms with Gasteiger partial charge in [-0.05, 0) is 12.1 Å². The lowest BCUT2D eigenvalue weighted by Crippen LogP contribution is -2.24. The number of carbonyl (C=O) groups is 1. The maximum absolute atomic E-state index is 11.9. The third-order valence-electron chi connectivity index (χ3n) is 2.47. The Hall–Kier alpha value is -2.76. The number of rotatable bonds is 6. The molecule has 2 aromatic heterocycles. The van der Waals surface area contributed by atoms with Crippen molar-refractivity contribution in [1.82, 2.24) is 20.3 Å². The van der Waals surface area contributed by atoms with Crippen LogP contribution < -0.4 is 10.6 Å². The van der Waals surface area contributed by atoms with Gasteiger partial charge < -0.3 is 10.6 Å². The van der Waals surface area contributed by atoms with E-state index in [1.54, 1.807) is 12.3 Å². The van der Waals surface area contributed by atoms with Crippen LogP contribution in [0.25, 0.3) is 0 Å². The van der Waals surface area contributed by atoms with Crippen LogP contribution in [0.5, 0.6) is 0 Å². The molecule has 0 fully saturated rings. The first-order valence-electron chi connectivity index (χ1n) is 6.14. The van der Waals surface area contributed by atoms with Crippen molar-refractivity contribution in [3.63, 3.8) is 0 Å². The van der Waals surface area contributed by atoms with E-state index in [0.29, 0.717) is 18.9 Å². The summed E-state index contributed by atoms with van der Waals surface area (Å²) in [5, 5.41) is 5.72. The van der Waals surface area contributed by atoms with Gasteiger partial charge >= 0.3 is 0 Å². The number of hydrogen-bond donors (Lipinski definition) is 2. The van der Waals surface area contributed by atoms with Gasteiger partial charge in [-0.2, -0.15) is 0 Å². The van der Waals surface area contributed by atoms with Crippen molar-refractivity contribution in [2.45, 2.75) is 6.54 Å². The van der Waals surface area contributed by atoms with Crippen LogP contribution in [0.3, 0.4) is 0 Å². The molecule has 20 heavy (non-hydrogen) atoms. The maximum Gasteiger partial charge on any atom is 0.271 e. The predicted octanol–water partition coefficient (Wildman–Crippen LogP) is 1.40. The molecule has 0 unspecified atom stereocenters. The molecule has 0 atom stereocenters. The Morgan fingerprint density at radius 3 is 2.80 bits per heavy atom. The zero-order valence-electron chi connectivity index (χ0n) is 10.9. The van der Waals surface area contributed by atoms with E-state index < -0.39 is 0 Å². The second kappa shape index (κ2) is 6.98. The predicted molar refractivity (Wildman–Crippen MR) is 76.1 cm³/mol. The number of nitrogens with one attached hydrogen (secondary N) is 2. The third kappa shape index (κ3) is 3.88. The highest BCUT2D eigenvalue weighted by Crippen LogP contribution is 2.01. The number of anilines is 1. The van der Waals surface area contributed by atoms with Gasteiger partial charge in [0, 0.05) is 12.7 Å². The quantitative estimate of drug-likeness (QED) is 0.775. The Morgan fingerprint density at radius 2 is 2.15 bits per heavy atom. The smallest absolute Gasteiger partial charge is 0.271 e. The number of hydrogen-bond acceptors (Lipinski definition) is 5. The standard InChI is InChI=1S/C14H15N5O/c1-2-6-16-13-10-17-12(9-18-13)14(20)19-8-11-5-3-4-7-15-11/h2-5,7,9-10H,1,6,8H2,(H,16,18)(H,19,20). The summed E-state index contributed by atoms with van der Waals surface area (Å²) in [6.45, 7) is 4.55. The SMILES string of the molecule is C=CCNc1cnc(C(=O)NCc2ccccn2)cn1. The van der Waals surface area contributed by atoms with Crippen molar-refractivity contribution in [3.05, 3.63) is 60.8 Å². The van der Waals surface area contributed by atoms with Crippen molar-refractivity contribution < 1.29 is 4.79 Å². The van der Waals surface area contributed by atoms with Crippen LogP contribution in [0.4, 0.5) is 5.82 Å². The molecule has 0 saturated carbocycles. The van der Waals surface area contributed by atoms with E-state index in [0.717, 1.165) is 5.69 Å². The Bertz CT molecular complexity index is 568. The lowest BCUT2D eigenvalue weighted by molar-refractivity contribution is 0.0945. The van der Waals surface area contributed by atoms with Gasteiger partial charge in [0.2, 0.25) is 0 Å². The molecule has 2 rings (SSSR count). The topological polar surface area (TPSA) is 79.8 Å². The molecule has 102 valence electrons. The molecular formula is C14H15N5O. The fourth-order valence-electron chi connectivity index (χ4n) is 1.48. The van der Waals surface area contributed by atoms with Gasteiger partial charge in [-0.25, -0.2) is 9.97 Å². The van der Waals surface area contributed by atoms with Crippen molar-refractivity contribution >= 4 is 11.7 Å². The molecule has 0 aliphatic rings. The van der Waals surface area contributed by atoms with E-state index >= 15 is 0 Å². The fourth-order valence-corrected chi connectivity index (χ4v) is 1.48. The van der Waals surface area contributed by atoms with Crippen molar-refractivity contribution in [3.8, 4) is 0 Å². The van der Waals surface area contributed by atoms with Gasteiger partial charge in [0.05, 0.1) is 24.6 Å². The highest BCUT2D eigenvalue weighted by molar-refractivity contribution is 5.91. The summed E-state index contributed by atoms with van der Waals surface area (Å²) in [6, 6.07) is 5.54. The van der Waals surface area contributed by atoms with E-state index in [1.807, 2.05) is 18.2 Å². The molecule has 6 heteroatoms. The molecule has 0 spiro atoms. The Kier molecular flexibility index (Phi) is 4.77. The summed E-state index contributed by atoms with van der Waals surface area (Å²) in [5.41, 5.74) is 1.06. The van der Waals surface area contributed by atoms with E-state index in [4.69, 9.17) is 0 Å². The molecule has 2 N–H and O–H groups in total. The molecule has 0 aliphatic heterocycles. The monoisotopic (exact) mass is 269 g/mol. The highest BCUT2D eigenvalue weighted by atomic mass is 16.1. The molecule has 0 aromatic carbocycles. The normalized spacial score (nSPS) is 9.80. The minimum Gasteiger partial charge on any atom is -0.365 e. The minimum absolute atomic E-state index is 0.269. The summed E-state index contributed by atoms with van der Waals surface area (Å²) in [4.78, 5) is 24.1. The first kappa shape index (κ1) is 13.7. The summed E-state index contributed by atoms with van der Waals surface area (Å²) >= 11 is 0. The zero-order valence-corrected chi connectivity index (χ0v) is 10.9. The Morgan fingerprint density at radius 1 is 1.25 bits per heavy atom. The van der Waals surface area contributed by atoms with Crippen molar-refractivity contribution in [2.24, 2.45) is 0 Å². The number of aromatic nitrogens is 3. The number of amides is 1. The first-order chi connectivity index (χ1) is 9.79. The lowest BCUT2D eigenvalue weighted by atomic mass is 10.3. The van der Waals surface area contributed by atoms with E-state index in [1.165, 1.54) is 12.4 Å². The second-order valence-electron chi connectivity index (χ2n) is 3.96. The Labute approximate surface area is 117 Å². The van der Waals surface area contributed by atoms with Gasteiger partial charge in [0.25, 0.3) is 5.91 Å². The van der Waals surface area contributed by atoms with Gasteiger partial charge in [-0.15, -0.1) is 6.58 Å². The van der Waals surface area contributed by atoms with Gasteiger partial charge in [-0.1, -0.05) is 12.1 Å². The van der Waals surface area contributed by atoms with E-state index in [9.17, 15) is 4.79 Å². The second-order valence-corrected chi connectivity index (χ2v) is 3.96. The van der Waals surface area contributed by atoms with Gasteiger partial charge in [0.1, 0.15) is 11.5 Å². The summed E-state index contributed by atoms with van der Waals surface area (Å²) in [7, 11) is 0. The molecule has 0 saturated heterocycles. The zero-order chi connectivity index (χ0) is 14.2. The van der Waals surface area contributed by atoms with Crippen molar-refractivity contribution in [1.29, 1.82) is 0 Å². The maximum atomic E-state index is 11.9. The largest absolute Gasteiger partial charge is 0.365 e. The van der Waals surface area contributed by atoms with Crippen molar-refractivity contribution in [2.75, 3.05) is 11.9 Å². The van der Waals surface area contributed by atoms with E-state index in [-0.39, 0.29) is 11.6 Å². The average Bonchev–Trinajstić information content (AvgIpc) is 2.52. The van der Waals surface area contributed by atoms with Gasteiger partial charge in [0.15, 0.2) is 0 Å². The van der Waals surface area contributed by atoms with Crippen LogP contribution in [0.15, 0.2) is 49.4 Å². The van der Waals surface area contributed by atoms with Crippen LogP contribution in [-0.2, 0) is 6.54 Å². The summed E-state index contributed by atoms with van der Waals surface area (Å²) in [5.74, 6) is 0.324. The van der Waals surface area contributed by atoms with Crippen LogP contribution in [0.2, 0.25) is 0 Å². The minimum atomic E-state index is -0.279. The molecule has 6 nitrogen and oxygen atoms in total. The molecule has 1 amide bonds. The summed E-state index contributed by atoms with van der Waals surface area (Å²) < 4.78 is 0. The van der Waals surface area contributed by atoms with Crippen LogP contribution in [0.1, 0.15) is 16.2 Å². The highest BCUT2D eigenvalue weighted by Gasteiger charge is 2.07. The third-order valence-corrected chi connectivity index (χ3v) is 2.47. The fraction of sp³-hybridized carbons (Fsp3) is 0.143. The lowest BCUT2D eigenvalue weighted by Gasteiger charge is -2.05.